The minimum atomic E-state index is -2.89. The summed E-state index contributed by atoms with van der Waals surface area (Å²) in [5.41, 5.74) is 7.82. The van der Waals surface area contributed by atoms with E-state index < -0.39 is 24.2 Å². The van der Waals surface area contributed by atoms with Crippen LogP contribution in [0.2, 0.25) is 0 Å². The molecule has 0 saturated carbocycles. The Labute approximate surface area is 358 Å². The highest BCUT2D eigenvalue weighted by Crippen LogP contribution is 2.31. The third-order valence-electron chi connectivity index (χ3n) is 11.5. The van der Waals surface area contributed by atoms with Crippen molar-refractivity contribution in [3.05, 3.63) is 65.7 Å². The van der Waals surface area contributed by atoms with Gasteiger partial charge < -0.3 is 25.8 Å². The number of likely N-dealkylation sites (tertiary alicyclic amines) is 1. The monoisotopic (exact) mass is 884 g/mol. The van der Waals surface area contributed by atoms with Crippen molar-refractivity contribution in [2.75, 3.05) is 80.6 Å². The zero-order valence-corrected chi connectivity index (χ0v) is 34.7. The van der Waals surface area contributed by atoms with E-state index >= 15 is 0 Å². The second kappa shape index (κ2) is 19.9. The number of alkyl halides is 3. The van der Waals surface area contributed by atoms with E-state index in [0.29, 0.717) is 25.2 Å². The van der Waals surface area contributed by atoms with Crippen LogP contribution < -0.4 is 26.2 Å². The summed E-state index contributed by atoms with van der Waals surface area (Å²) < 4.78 is 45.6. The summed E-state index contributed by atoms with van der Waals surface area (Å²) in [6.07, 6.45) is 3.09. The van der Waals surface area contributed by atoms with E-state index in [1.807, 2.05) is 12.1 Å². The summed E-state index contributed by atoms with van der Waals surface area (Å²) in [7, 11) is 0. The third-order valence-corrected chi connectivity index (χ3v) is 11.5. The van der Waals surface area contributed by atoms with Crippen molar-refractivity contribution < 1.29 is 27.6 Å². The van der Waals surface area contributed by atoms with Gasteiger partial charge in [0.1, 0.15) is 17.6 Å². The Kier molecular flexibility index (Phi) is 15.5. The van der Waals surface area contributed by atoms with Gasteiger partial charge in [0.15, 0.2) is 11.3 Å². The van der Waals surface area contributed by atoms with Crippen molar-refractivity contribution in [2.45, 2.75) is 62.7 Å². The van der Waals surface area contributed by atoms with Gasteiger partial charge in [-0.2, -0.15) is 10.2 Å². The van der Waals surface area contributed by atoms with Crippen molar-refractivity contribution in [1.29, 1.82) is 0 Å². The van der Waals surface area contributed by atoms with Crippen LogP contribution in [0.3, 0.4) is 0 Å². The topological polar surface area (TPSA) is 162 Å². The first-order valence-electron chi connectivity index (χ1n) is 19.4. The lowest BCUT2D eigenvalue weighted by Crippen LogP contribution is -2.49. The summed E-state index contributed by atoms with van der Waals surface area (Å²) in [5, 5.41) is 13.5. The molecule has 4 aliphatic rings. The molecule has 1 aromatic carbocycles. The van der Waals surface area contributed by atoms with Crippen LogP contribution in [-0.4, -0.2) is 130 Å². The summed E-state index contributed by atoms with van der Waals surface area (Å²) in [5.74, 6) is -0.916. The molecule has 0 bridgehead atoms. The number of halogens is 6. The lowest BCUT2D eigenvalue weighted by molar-refractivity contribution is -0.134. The molecule has 4 fully saturated rings. The predicted octanol–water partition coefficient (Wildman–Crippen LogP) is 4.24. The third kappa shape index (κ3) is 10.4. The van der Waals surface area contributed by atoms with Gasteiger partial charge in [0.05, 0.1) is 30.4 Å². The first-order valence-corrected chi connectivity index (χ1v) is 19.4. The van der Waals surface area contributed by atoms with Crippen LogP contribution in [0.4, 0.5) is 30.4 Å². The Morgan fingerprint density at radius 2 is 1.61 bits per heavy atom. The number of hydrogen-bond acceptors (Lipinski definition) is 11. The molecule has 59 heavy (non-hydrogen) atoms. The van der Waals surface area contributed by atoms with Crippen molar-refractivity contribution in [1.82, 2.24) is 39.5 Å². The van der Waals surface area contributed by atoms with Gasteiger partial charge in [-0.05, 0) is 49.4 Å². The number of anilines is 3. The Bertz CT molecular complexity index is 2050. The number of nitrogens with zero attached hydrogens (tertiary/aromatic N) is 9. The van der Waals surface area contributed by atoms with E-state index in [1.54, 1.807) is 21.8 Å². The molecular formula is C38H50Cl3F3N12O3. The maximum absolute atomic E-state index is 14.2. The van der Waals surface area contributed by atoms with Crippen molar-refractivity contribution in [3.63, 3.8) is 0 Å². The molecule has 15 nitrogen and oxygen atoms in total. The molecule has 4 aromatic rings. The Morgan fingerprint density at radius 1 is 0.915 bits per heavy atom. The zero-order chi connectivity index (χ0) is 38.9. The van der Waals surface area contributed by atoms with Crippen molar-refractivity contribution in [2.24, 2.45) is 5.73 Å². The van der Waals surface area contributed by atoms with Crippen LogP contribution in [0.25, 0.3) is 5.65 Å². The molecule has 8 rings (SSSR count). The Balaban J connectivity index is 0.00000220. The van der Waals surface area contributed by atoms with Gasteiger partial charge >= 0.3 is 0 Å². The number of benzene rings is 1. The normalized spacial score (nSPS) is 22.1. The van der Waals surface area contributed by atoms with Crippen LogP contribution in [0.15, 0.2) is 48.9 Å². The highest BCUT2D eigenvalue weighted by Gasteiger charge is 2.30. The number of nitrogens with two attached hydrogens (primary N) is 1. The van der Waals surface area contributed by atoms with Gasteiger partial charge in [-0.1, -0.05) is 12.1 Å². The molecule has 4 N–H and O–H groups in total. The number of piperidine rings is 3. The average Bonchev–Trinajstić information content (AvgIpc) is 3.82. The molecule has 3 atom stereocenters. The summed E-state index contributed by atoms with van der Waals surface area (Å²) in [4.78, 5) is 50.7. The van der Waals surface area contributed by atoms with Crippen molar-refractivity contribution in [3.8, 4) is 0 Å². The number of amides is 3. The van der Waals surface area contributed by atoms with Gasteiger partial charge in [0.2, 0.25) is 11.8 Å². The number of carbonyl (C=O) groups is 3. The highest BCUT2D eigenvalue weighted by atomic mass is 35.5. The number of carbonyl (C=O) groups excluding carboxylic acids is 3. The zero-order valence-electron chi connectivity index (χ0n) is 32.3. The van der Waals surface area contributed by atoms with Crippen LogP contribution in [0, 0.1) is 0 Å². The second-order valence-electron chi connectivity index (χ2n) is 15.3. The van der Waals surface area contributed by atoms with Gasteiger partial charge in [-0.15, -0.1) is 37.2 Å². The number of nitrogens with one attached hydrogen (secondary N) is 2. The molecule has 0 aliphatic carbocycles. The van der Waals surface area contributed by atoms with E-state index in [4.69, 9.17) is 5.73 Å². The minimum absolute atomic E-state index is 0. The first kappa shape index (κ1) is 45.9. The Hall–Kier alpha value is -4.20. The highest BCUT2D eigenvalue weighted by molar-refractivity contribution is 6.08. The quantitative estimate of drug-likeness (QED) is 0.196. The van der Waals surface area contributed by atoms with E-state index in [-0.39, 0.29) is 96.9 Å². The first-order chi connectivity index (χ1) is 27.1. The average molecular weight is 886 g/mol. The predicted molar refractivity (Wildman–Crippen MR) is 225 cm³/mol. The summed E-state index contributed by atoms with van der Waals surface area (Å²) >= 11 is 0. The fourth-order valence-electron chi connectivity index (χ4n) is 8.35. The molecule has 4 saturated heterocycles. The number of aromatic nitrogens is 5. The standard InChI is InChI=1S/C38H47F3N12O3.3ClH/c39-25-19-26(42)22-51(21-25)32-9-12-52-36(45-32)30(20-43-52)38(56)44-31-23-53(47-34(31)35(40)41)28-7-10-48(11-8-28)13-14-49-15-17-50(18-16-49)27-3-1-24(2-4-27)29-5-6-33(54)46-37(29)55;;;/h1-4,9,12,20,23,25-26,28-29,35H,5-8,10-11,13-19,21-22,42H2,(H,44,56)(H,46,54,55);3*1H/t25-,26-,29?;;;/m1.../s1. The number of imide groups is 1. The molecule has 1 unspecified atom stereocenters. The molecule has 7 heterocycles. The van der Waals surface area contributed by atoms with E-state index in [1.165, 1.54) is 16.9 Å². The van der Waals surface area contributed by atoms with Crippen LogP contribution >= 0.6 is 37.2 Å². The van der Waals surface area contributed by atoms with E-state index in [2.05, 4.69) is 52.6 Å². The van der Waals surface area contributed by atoms with Crippen LogP contribution in [0.5, 0.6) is 0 Å². The molecule has 21 heteroatoms. The smallest absolute Gasteiger partial charge is 0.284 e. The van der Waals surface area contributed by atoms with Crippen LogP contribution in [-0.2, 0) is 9.59 Å². The minimum Gasteiger partial charge on any atom is -0.369 e. The maximum Gasteiger partial charge on any atom is 0.284 e. The molecule has 0 radical (unpaired) electrons. The molecule has 0 spiro atoms. The van der Waals surface area contributed by atoms with E-state index in [0.717, 1.165) is 76.5 Å². The largest absolute Gasteiger partial charge is 0.369 e. The lowest BCUT2D eigenvalue weighted by Gasteiger charge is -2.38. The van der Waals surface area contributed by atoms with E-state index in [9.17, 15) is 27.6 Å². The number of fused-ring (bicyclic) bond motifs is 1. The maximum atomic E-state index is 14.2. The molecule has 322 valence electrons. The summed E-state index contributed by atoms with van der Waals surface area (Å²) in [6, 6.07) is 9.35. The molecule has 4 aliphatic heterocycles. The molecule has 3 aromatic heterocycles. The number of piperazine rings is 1. The lowest BCUT2D eigenvalue weighted by atomic mass is 9.90. The summed E-state index contributed by atoms with van der Waals surface area (Å²) in [6.45, 7) is 7.66. The fraction of sp³-hybridized carbons (Fsp3) is 0.526. The van der Waals surface area contributed by atoms with Gasteiger partial charge in [-0.3, -0.25) is 29.3 Å². The van der Waals surface area contributed by atoms with Crippen molar-refractivity contribution >= 4 is 77.8 Å². The second-order valence-corrected chi connectivity index (χ2v) is 15.3. The molecule has 3 amide bonds. The van der Waals surface area contributed by atoms with Gasteiger partial charge in [-0.25, -0.2) is 22.7 Å². The van der Waals surface area contributed by atoms with Crippen LogP contribution in [0.1, 0.15) is 72.1 Å². The fourth-order valence-corrected chi connectivity index (χ4v) is 8.35. The van der Waals surface area contributed by atoms with Gasteiger partial charge in [0, 0.05) is 89.4 Å². The molecular weight excluding hydrogens is 836 g/mol. The Morgan fingerprint density at radius 3 is 2.27 bits per heavy atom. The van der Waals surface area contributed by atoms with Gasteiger partial charge in [0.25, 0.3) is 12.3 Å². The number of hydrogen-bond donors (Lipinski definition) is 3. The SMILES string of the molecule is Cl.Cl.Cl.N[C@@H]1C[C@@H](F)CN(c2ccn3ncc(C(=O)Nc4cn(C5CCN(CCN6CCN(c7ccc(C8CCC(=O)NC8=O)cc7)CC6)CC5)nc4C(F)F)c3n2)C1. The number of rotatable bonds is 10.